The number of aromatic nitrogens is 1. The molecule has 0 fully saturated rings. The molecule has 0 radical (unpaired) electrons. The summed E-state index contributed by atoms with van der Waals surface area (Å²) in [7, 11) is 0. The van der Waals surface area contributed by atoms with Crippen molar-refractivity contribution >= 4 is 0 Å². The maximum atomic E-state index is 5.70. The van der Waals surface area contributed by atoms with Crippen LogP contribution in [0.2, 0.25) is 0 Å². The van der Waals surface area contributed by atoms with Crippen molar-refractivity contribution in [3.05, 3.63) is 23.9 Å². The van der Waals surface area contributed by atoms with Gasteiger partial charge < -0.3 is 10.1 Å². The summed E-state index contributed by atoms with van der Waals surface area (Å²) in [5.41, 5.74) is 1.19. The van der Waals surface area contributed by atoms with Crippen molar-refractivity contribution < 1.29 is 4.74 Å². The summed E-state index contributed by atoms with van der Waals surface area (Å²) in [5, 5.41) is 3.36. The van der Waals surface area contributed by atoms with Crippen molar-refractivity contribution in [2.45, 2.75) is 59.2 Å². The van der Waals surface area contributed by atoms with Gasteiger partial charge in [-0.25, -0.2) is 4.98 Å². The molecule has 0 aliphatic rings. The molecule has 3 nitrogen and oxygen atoms in total. The van der Waals surface area contributed by atoms with Gasteiger partial charge in [-0.05, 0) is 18.9 Å². The fourth-order valence-electron chi connectivity index (χ4n) is 1.58. The van der Waals surface area contributed by atoms with Crippen LogP contribution in [-0.4, -0.2) is 17.1 Å². The molecule has 1 heterocycles. The zero-order chi connectivity index (χ0) is 12.7. The lowest BCUT2D eigenvalue weighted by molar-refractivity contribution is 0.201. The van der Waals surface area contributed by atoms with Crippen LogP contribution in [0.3, 0.4) is 0 Å². The van der Waals surface area contributed by atoms with Crippen LogP contribution in [0.1, 0.15) is 46.1 Å². The van der Waals surface area contributed by atoms with Crippen LogP contribution in [0.25, 0.3) is 0 Å². The van der Waals surface area contributed by atoms with E-state index in [1.807, 2.05) is 12.3 Å². The van der Waals surface area contributed by atoms with E-state index in [0.717, 1.165) is 25.3 Å². The SMILES string of the molecule is CCCC(C)Oc1ccc(CNC(C)C)cn1. The molecule has 96 valence electrons. The maximum Gasteiger partial charge on any atom is 0.213 e. The van der Waals surface area contributed by atoms with E-state index in [4.69, 9.17) is 4.74 Å². The fraction of sp³-hybridized carbons (Fsp3) is 0.643. The highest BCUT2D eigenvalue weighted by molar-refractivity contribution is 5.17. The molecule has 0 saturated heterocycles. The number of pyridine rings is 1. The Balaban J connectivity index is 2.44. The zero-order valence-electron chi connectivity index (χ0n) is 11.4. The molecule has 1 aromatic heterocycles. The first-order chi connectivity index (χ1) is 8.11. The van der Waals surface area contributed by atoms with E-state index in [9.17, 15) is 0 Å². The monoisotopic (exact) mass is 236 g/mol. The van der Waals surface area contributed by atoms with E-state index in [2.05, 4.69) is 44.1 Å². The first kappa shape index (κ1) is 14.0. The molecule has 0 aliphatic carbocycles. The van der Waals surface area contributed by atoms with Crippen LogP contribution in [0.5, 0.6) is 5.88 Å². The van der Waals surface area contributed by atoms with Gasteiger partial charge in [-0.1, -0.05) is 33.3 Å². The Hall–Kier alpha value is -1.09. The minimum Gasteiger partial charge on any atom is -0.475 e. The van der Waals surface area contributed by atoms with Gasteiger partial charge in [-0.2, -0.15) is 0 Å². The number of rotatable bonds is 7. The molecule has 1 atom stereocenters. The molecular weight excluding hydrogens is 212 g/mol. The lowest BCUT2D eigenvalue weighted by Gasteiger charge is -2.13. The lowest BCUT2D eigenvalue weighted by Crippen LogP contribution is -2.21. The van der Waals surface area contributed by atoms with Gasteiger partial charge in [0.2, 0.25) is 5.88 Å². The largest absolute Gasteiger partial charge is 0.475 e. The number of nitrogens with one attached hydrogen (secondary N) is 1. The van der Waals surface area contributed by atoms with E-state index >= 15 is 0 Å². The molecule has 3 heteroatoms. The van der Waals surface area contributed by atoms with Crippen LogP contribution in [0.4, 0.5) is 0 Å². The fourth-order valence-corrected chi connectivity index (χ4v) is 1.58. The summed E-state index contributed by atoms with van der Waals surface area (Å²) in [5.74, 6) is 0.722. The van der Waals surface area contributed by atoms with Crippen molar-refractivity contribution in [1.29, 1.82) is 0 Å². The first-order valence-corrected chi connectivity index (χ1v) is 6.46. The molecule has 17 heavy (non-hydrogen) atoms. The Morgan fingerprint density at radius 3 is 2.59 bits per heavy atom. The summed E-state index contributed by atoms with van der Waals surface area (Å²) in [6.45, 7) is 9.37. The second-order valence-electron chi connectivity index (χ2n) is 4.76. The normalized spacial score (nSPS) is 12.8. The van der Waals surface area contributed by atoms with Gasteiger partial charge >= 0.3 is 0 Å². The van der Waals surface area contributed by atoms with Crippen molar-refractivity contribution in [1.82, 2.24) is 10.3 Å². The molecular formula is C14H24N2O. The third kappa shape index (κ3) is 5.68. The maximum absolute atomic E-state index is 5.70. The third-order valence-corrected chi connectivity index (χ3v) is 2.53. The predicted octanol–water partition coefficient (Wildman–Crippen LogP) is 3.15. The summed E-state index contributed by atoms with van der Waals surface area (Å²) in [6.07, 6.45) is 4.33. The van der Waals surface area contributed by atoms with Gasteiger partial charge in [0.15, 0.2) is 0 Å². The van der Waals surface area contributed by atoms with E-state index in [1.54, 1.807) is 0 Å². The smallest absolute Gasteiger partial charge is 0.213 e. The highest BCUT2D eigenvalue weighted by Crippen LogP contribution is 2.11. The van der Waals surface area contributed by atoms with Crippen LogP contribution < -0.4 is 10.1 Å². The van der Waals surface area contributed by atoms with E-state index < -0.39 is 0 Å². The predicted molar refractivity (Wildman–Crippen MR) is 71.2 cm³/mol. The Labute approximate surface area is 105 Å². The van der Waals surface area contributed by atoms with Crippen molar-refractivity contribution in [2.75, 3.05) is 0 Å². The van der Waals surface area contributed by atoms with Gasteiger partial charge in [0.1, 0.15) is 0 Å². The number of hydrogen-bond acceptors (Lipinski definition) is 3. The van der Waals surface area contributed by atoms with E-state index in [1.165, 1.54) is 5.56 Å². The number of hydrogen-bond donors (Lipinski definition) is 1. The summed E-state index contributed by atoms with van der Waals surface area (Å²) in [6, 6.07) is 4.51. The minimum atomic E-state index is 0.243. The van der Waals surface area contributed by atoms with Crippen LogP contribution in [-0.2, 0) is 6.54 Å². The van der Waals surface area contributed by atoms with Gasteiger partial charge in [0.25, 0.3) is 0 Å². The van der Waals surface area contributed by atoms with Crippen molar-refractivity contribution in [3.8, 4) is 5.88 Å². The molecule has 0 amide bonds. The number of ether oxygens (including phenoxy) is 1. The average Bonchev–Trinajstić information content (AvgIpc) is 2.28. The summed E-state index contributed by atoms with van der Waals surface area (Å²) < 4.78 is 5.70. The summed E-state index contributed by atoms with van der Waals surface area (Å²) in [4.78, 5) is 4.32. The lowest BCUT2D eigenvalue weighted by atomic mass is 10.2. The average molecular weight is 236 g/mol. The van der Waals surface area contributed by atoms with E-state index in [0.29, 0.717) is 6.04 Å². The molecule has 0 spiro atoms. The van der Waals surface area contributed by atoms with Crippen LogP contribution in [0.15, 0.2) is 18.3 Å². The minimum absolute atomic E-state index is 0.243. The molecule has 0 bridgehead atoms. The standard InChI is InChI=1S/C14H24N2O/c1-5-6-12(4)17-14-8-7-13(10-16-14)9-15-11(2)3/h7-8,10-12,15H,5-6,9H2,1-4H3. The highest BCUT2D eigenvalue weighted by Gasteiger charge is 2.03. The molecule has 0 aromatic carbocycles. The van der Waals surface area contributed by atoms with Gasteiger partial charge in [-0.15, -0.1) is 0 Å². The third-order valence-electron chi connectivity index (χ3n) is 2.53. The quantitative estimate of drug-likeness (QED) is 0.789. The Morgan fingerprint density at radius 1 is 1.29 bits per heavy atom. The Morgan fingerprint density at radius 2 is 2.06 bits per heavy atom. The van der Waals surface area contributed by atoms with Gasteiger partial charge in [0, 0.05) is 24.8 Å². The van der Waals surface area contributed by atoms with Crippen LogP contribution >= 0.6 is 0 Å². The second-order valence-corrected chi connectivity index (χ2v) is 4.76. The topological polar surface area (TPSA) is 34.1 Å². The highest BCUT2D eigenvalue weighted by atomic mass is 16.5. The summed E-state index contributed by atoms with van der Waals surface area (Å²) >= 11 is 0. The Bertz CT molecular complexity index is 309. The molecule has 1 N–H and O–H groups in total. The van der Waals surface area contributed by atoms with Gasteiger partial charge in [-0.3, -0.25) is 0 Å². The second kappa shape index (κ2) is 7.28. The first-order valence-electron chi connectivity index (χ1n) is 6.46. The van der Waals surface area contributed by atoms with E-state index in [-0.39, 0.29) is 6.10 Å². The Kier molecular flexibility index (Phi) is 5.98. The zero-order valence-corrected chi connectivity index (χ0v) is 11.4. The van der Waals surface area contributed by atoms with Crippen LogP contribution in [0, 0.1) is 0 Å². The molecule has 0 saturated carbocycles. The molecule has 1 unspecified atom stereocenters. The molecule has 0 aliphatic heterocycles. The number of nitrogens with zero attached hydrogens (tertiary/aromatic N) is 1. The molecule has 1 rings (SSSR count). The van der Waals surface area contributed by atoms with Crippen molar-refractivity contribution in [3.63, 3.8) is 0 Å². The van der Waals surface area contributed by atoms with Crippen molar-refractivity contribution in [2.24, 2.45) is 0 Å². The van der Waals surface area contributed by atoms with Gasteiger partial charge in [0.05, 0.1) is 6.10 Å². The molecule has 1 aromatic rings.